The third kappa shape index (κ3) is 7.41. The predicted molar refractivity (Wildman–Crippen MR) is 93.8 cm³/mol. The van der Waals surface area contributed by atoms with Gasteiger partial charge in [0.15, 0.2) is 8.32 Å². The van der Waals surface area contributed by atoms with Crippen molar-refractivity contribution in [2.24, 2.45) is 0 Å². The summed E-state index contributed by atoms with van der Waals surface area (Å²) in [5, 5.41) is 9.82. The van der Waals surface area contributed by atoms with Crippen LogP contribution in [-0.4, -0.2) is 42.2 Å². The Morgan fingerprint density at radius 2 is 1.58 bits per heavy atom. The van der Waals surface area contributed by atoms with Gasteiger partial charge in [0, 0.05) is 0 Å². The third-order valence-electron chi connectivity index (χ3n) is 3.63. The van der Waals surface area contributed by atoms with Crippen molar-refractivity contribution in [3.63, 3.8) is 0 Å². The third-order valence-corrected chi connectivity index (χ3v) is 10.8. The van der Waals surface area contributed by atoms with Crippen molar-refractivity contribution in [2.75, 3.05) is 18.1 Å². The second-order valence-electron chi connectivity index (χ2n) is 6.26. The van der Waals surface area contributed by atoms with Crippen LogP contribution in [0.1, 0.15) is 41.0 Å². The van der Waals surface area contributed by atoms with Crippen LogP contribution in [0.2, 0.25) is 18.1 Å². The van der Waals surface area contributed by atoms with Gasteiger partial charge in [0.2, 0.25) is 0 Å². The predicted octanol–water partition coefficient (Wildman–Crippen LogP) is 4.59. The van der Waals surface area contributed by atoms with Crippen molar-refractivity contribution in [3.05, 3.63) is 0 Å². The number of hydrogen-bond donors (Lipinski definition) is 1. The lowest BCUT2D eigenvalue weighted by molar-refractivity contribution is 0.0994. The summed E-state index contributed by atoms with van der Waals surface area (Å²) in [5.74, 6) is 2.24. The fraction of sp³-hybridized carbons (Fsp3) is 1.00. The van der Waals surface area contributed by atoms with Crippen molar-refractivity contribution in [3.8, 4) is 0 Å². The van der Waals surface area contributed by atoms with Crippen LogP contribution in [0.15, 0.2) is 0 Å². The standard InChI is InChI=1S/C14H32O2S2Si/c1-8-17-13(18-9-2)10-12(11-15)16-19(6,7)14(3,4)5/h12-13,15H,8-11H2,1-7H3/t12-/m0/s1. The average molecular weight is 325 g/mol. The molecule has 0 spiro atoms. The minimum absolute atomic E-state index is 0.0102. The van der Waals surface area contributed by atoms with E-state index in [4.69, 9.17) is 4.43 Å². The van der Waals surface area contributed by atoms with Crippen molar-refractivity contribution < 1.29 is 9.53 Å². The smallest absolute Gasteiger partial charge is 0.192 e. The first-order valence-corrected chi connectivity index (χ1v) is 12.2. The SMILES string of the molecule is CCSC(C[C@@H](CO)O[Si](C)(C)C(C)(C)C)SCC. The molecule has 0 rings (SSSR count). The molecular weight excluding hydrogens is 292 g/mol. The summed E-state index contributed by atoms with van der Waals surface area (Å²) in [6.45, 7) is 15.8. The van der Waals surface area contributed by atoms with E-state index in [0.29, 0.717) is 4.58 Å². The Morgan fingerprint density at radius 1 is 1.11 bits per heavy atom. The molecule has 1 N–H and O–H groups in total. The van der Waals surface area contributed by atoms with E-state index >= 15 is 0 Å². The fourth-order valence-electron chi connectivity index (χ4n) is 1.52. The molecule has 0 saturated heterocycles. The van der Waals surface area contributed by atoms with Crippen molar-refractivity contribution in [1.29, 1.82) is 0 Å². The normalized spacial score (nSPS) is 15.0. The molecule has 0 fully saturated rings. The topological polar surface area (TPSA) is 29.5 Å². The molecule has 0 aliphatic heterocycles. The van der Waals surface area contributed by atoms with Gasteiger partial charge >= 0.3 is 0 Å². The Hall–Kier alpha value is 0.837. The molecule has 0 heterocycles. The lowest BCUT2D eigenvalue weighted by Crippen LogP contribution is -2.45. The number of aliphatic hydroxyl groups excluding tert-OH is 1. The van der Waals surface area contributed by atoms with Gasteiger partial charge in [0.1, 0.15) is 0 Å². The van der Waals surface area contributed by atoms with Crippen LogP contribution < -0.4 is 0 Å². The maximum atomic E-state index is 9.62. The maximum absolute atomic E-state index is 9.62. The van der Waals surface area contributed by atoms with Gasteiger partial charge in [-0.2, -0.15) is 0 Å². The molecule has 2 nitrogen and oxygen atoms in total. The second-order valence-corrected chi connectivity index (χ2v) is 14.3. The van der Waals surface area contributed by atoms with Gasteiger partial charge in [-0.15, -0.1) is 23.5 Å². The second kappa shape index (κ2) is 8.98. The first-order valence-electron chi connectivity index (χ1n) is 7.19. The molecule has 19 heavy (non-hydrogen) atoms. The molecule has 5 heteroatoms. The minimum Gasteiger partial charge on any atom is -0.412 e. The van der Waals surface area contributed by atoms with E-state index in [2.05, 4.69) is 47.7 Å². The fourth-order valence-corrected chi connectivity index (χ4v) is 5.53. The van der Waals surface area contributed by atoms with Crippen LogP contribution in [0, 0.1) is 0 Å². The molecule has 0 aromatic heterocycles. The highest BCUT2D eigenvalue weighted by atomic mass is 32.2. The maximum Gasteiger partial charge on any atom is 0.192 e. The zero-order valence-corrected chi connectivity index (χ0v) is 16.3. The van der Waals surface area contributed by atoms with Crippen LogP contribution in [0.25, 0.3) is 0 Å². The van der Waals surface area contributed by atoms with Gasteiger partial charge < -0.3 is 9.53 Å². The van der Waals surface area contributed by atoms with Crippen LogP contribution >= 0.6 is 23.5 Å². The Kier molecular flexibility index (Phi) is 9.37. The molecule has 0 amide bonds. The molecule has 0 radical (unpaired) electrons. The highest BCUT2D eigenvalue weighted by Gasteiger charge is 2.39. The Morgan fingerprint density at radius 3 is 1.89 bits per heavy atom. The monoisotopic (exact) mass is 324 g/mol. The summed E-state index contributed by atoms with van der Waals surface area (Å²) in [6.07, 6.45) is 0.934. The minimum atomic E-state index is -1.78. The lowest BCUT2D eigenvalue weighted by Gasteiger charge is -2.39. The van der Waals surface area contributed by atoms with E-state index in [1.807, 2.05) is 23.5 Å². The van der Waals surface area contributed by atoms with Gasteiger partial charge in [0.05, 0.1) is 17.3 Å². The summed E-state index contributed by atoms with van der Waals surface area (Å²) in [5.41, 5.74) is 0. The van der Waals surface area contributed by atoms with Gasteiger partial charge in [-0.05, 0) is 36.1 Å². The zero-order chi connectivity index (χ0) is 15.1. The van der Waals surface area contributed by atoms with E-state index in [1.165, 1.54) is 0 Å². The quantitative estimate of drug-likeness (QED) is 0.496. The van der Waals surface area contributed by atoms with Gasteiger partial charge in [-0.3, -0.25) is 0 Å². The van der Waals surface area contributed by atoms with Gasteiger partial charge in [0.25, 0.3) is 0 Å². The van der Waals surface area contributed by atoms with Crippen LogP contribution in [0.4, 0.5) is 0 Å². The molecule has 0 bridgehead atoms. The van der Waals surface area contributed by atoms with E-state index in [0.717, 1.165) is 17.9 Å². The summed E-state index contributed by atoms with van der Waals surface area (Å²) < 4.78 is 6.88. The summed E-state index contributed by atoms with van der Waals surface area (Å²) in [4.78, 5) is 0. The van der Waals surface area contributed by atoms with E-state index in [1.54, 1.807) is 0 Å². The van der Waals surface area contributed by atoms with Crippen molar-refractivity contribution >= 4 is 31.8 Å². The average Bonchev–Trinajstić information content (AvgIpc) is 2.26. The zero-order valence-electron chi connectivity index (χ0n) is 13.7. The molecule has 1 atom stereocenters. The molecule has 0 unspecified atom stereocenters. The largest absolute Gasteiger partial charge is 0.412 e. The number of thioether (sulfide) groups is 2. The van der Waals surface area contributed by atoms with E-state index < -0.39 is 8.32 Å². The number of aliphatic hydroxyl groups is 1. The first-order chi connectivity index (χ1) is 8.67. The van der Waals surface area contributed by atoms with Crippen molar-refractivity contribution in [2.45, 2.75) is 69.9 Å². The van der Waals surface area contributed by atoms with Crippen LogP contribution in [0.3, 0.4) is 0 Å². The Balaban J connectivity index is 4.56. The van der Waals surface area contributed by atoms with Gasteiger partial charge in [-0.1, -0.05) is 34.6 Å². The molecule has 0 aromatic rings. The van der Waals surface area contributed by atoms with E-state index in [9.17, 15) is 5.11 Å². The molecule has 116 valence electrons. The highest BCUT2D eigenvalue weighted by molar-refractivity contribution is 8.16. The number of hydrogen-bond acceptors (Lipinski definition) is 4. The van der Waals surface area contributed by atoms with E-state index in [-0.39, 0.29) is 17.7 Å². The number of rotatable bonds is 9. The first kappa shape index (κ1) is 19.8. The Bertz CT molecular complexity index is 236. The van der Waals surface area contributed by atoms with Gasteiger partial charge in [-0.25, -0.2) is 0 Å². The molecular formula is C14H32O2S2Si. The molecule has 0 aliphatic rings. The molecule has 0 aromatic carbocycles. The Labute approximate surface area is 129 Å². The highest BCUT2D eigenvalue weighted by Crippen LogP contribution is 2.38. The van der Waals surface area contributed by atoms with Crippen LogP contribution in [-0.2, 0) is 4.43 Å². The molecule has 0 aliphatic carbocycles. The summed E-state index contributed by atoms with van der Waals surface area (Å²) in [7, 11) is -1.78. The lowest BCUT2D eigenvalue weighted by atomic mass is 10.2. The summed E-state index contributed by atoms with van der Waals surface area (Å²) >= 11 is 3.93. The van der Waals surface area contributed by atoms with Crippen molar-refractivity contribution in [1.82, 2.24) is 0 Å². The molecule has 0 saturated carbocycles. The summed E-state index contributed by atoms with van der Waals surface area (Å²) in [6, 6.07) is 0. The van der Waals surface area contributed by atoms with Crippen LogP contribution in [0.5, 0.6) is 0 Å².